The van der Waals surface area contributed by atoms with E-state index in [9.17, 15) is 4.79 Å². The van der Waals surface area contributed by atoms with Crippen LogP contribution in [-0.4, -0.2) is 60.5 Å². The number of amides is 1. The average molecular weight is 668 g/mol. The van der Waals surface area contributed by atoms with Gasteiger partial charge in [-0.2, -0.15) is 0 Å². The van der Waals surface area contributed by atoms with Crippen LogP contribution in [0.3, 0.4) is 0 Å². The molecule has 5 saturated carbocycles. The molecular formula is C45H69N3O. The van der Waals surface area contributed by atoms with E-state index < -0.39 is 0 Å². The van der Waals surface area contributed by atoms with Crippen molar-refractivity contribution in [1.29, 1.82) is 0 Å². The van der Waals surface area contributed by atoms with Crippen molar-refractivity contribution in [3.63, 3.8) is 0 Å². The number of nitrogens with one attached hydrogen (secondary N) is 1. The van der Waals surface area contributed by atoms with Crippen LogP contribution in [0.2, 0.25) is 0 Å². The monoisotopic (exact) mass is 668 g/mol. The van der Waals surface area contributed by atoms with Crippen LogP contribution >= 0.6 is 0 Å². The van der Waals surface area contributed by atoms with Gasteiger partial charge >= 0.3 is 0 Å². The number of aryl methyl sites for hydroxylation is 1. The molecule has 1 amide bonds. The van der Waals surface area contributed by atoms with E-state index in [0.717, 1.165) is 81.7 Å². The molecule has 6 aliphatic carbocycles. The molecule has 4 heteroatoms. The number of nitrogens with zero attached hydrogens (tertiary/aromatic N) is 2. The highest BCUT2D eigenvalue weighted by molar-refractivity contribution is 5.79. The molecule has 0 spiro atoms. The topological polar surface area (TPSA) is 35.6 Å². The van der Waals surface area contributed by atoms with E-state index in [0.29, 0.717) is 28.2 Å². The lowest BCUT2D eigenvalue weighted by Crippen LogP contribution is -2.64. The molecule has 8 rings (SSSR count). The molecule has 49 heavy (non-hydrogen) atoms. The van der Waals surface area contributed by atoms with Crippen LogP contribution in [-0.2, 0) is 4.79 Å². The van der Waals surface area contributed by atoms with Gasteiger partial charge in [0.1, 0.15) is 0 Å². The van der Waals surface area contributed by atoms with Gasteiger partial charge < -0.3 is 10.2 Å². The molecule has 1 aromatic carbocycles. The van der Waals surface area contributed by atoms with E-state index in [1.165, 1.54) is 94.6 Å². The third kappa shape index (κ3) is 5.80. The Hall–Kier alpha value is -1.65. The number of hydrogen-bond acceptors (Lipinski definition) is 3. The fourth-order valence-electron chi connectivity index (χ4n) is 14.6. The van der Waals surface area contributed by atoms with E-state index >= 15 is 0 Å². The molecule has 1 aliphatic heterocycles. The molecule has 1 heterocycles. The third-order valence-electron chi connectivity index (χ3n) is 17.0. The van der Waals surface area contributed by atoms with Crippen molar-refractivity contribution in [2.75, 3.05) is 39.3 Å². The van der Waals surface area contributed by atoms with Gasteiger partial charge in [0.25, 0.3) is 0 Å². The summed E-state index contributed by atoms with van der Waals surface area (Å²) < 4.78 is 0. The normalized spacial score (nSPS) is 40.9. The molecule has 7 aliphatic rings. The van der Waals surface area contributed by atoms with Crippen LogP contribution < -0.4 is 5.32 Å². The van der Waals surface area contributed by atoms with Gasteiger partial charge in [0.05, 0.1) is 0 Å². The average Bonchev–Trinajstić information content (AvgIpc) is 3.53. The quantitative estimate of drug-likeness (QED) is 0.328. The van der Waals surface area contributed by atoms with Gasteiger partial charge in [-0.25, -0.2) is 0 Å². The summed E-state index contributed by atoms with van der Waals surface area (Å²) in [6.45, 7) is 19.2. The highest BCUT2D eigenvalue weighted by Crippen LogP contribution is 2.72. The minimum absolute atomic E-state index is 0.217. The largest absolute Gasteiger partial charge is 0.340 e. The maximum Gasteiger partial charge on any atom is 0.225 e. The van der Waals surface area contributed by atoms with Crippen molar-refractivity contribution < 1.29 is 4.79 Å². The van der Waals surface area contributed by atoms with Gasteiger partial charge in [0.15, 0.2) is 0 Å². The number of benzene rings is 1. The molecule has 0 aromatic heterocycles. The molecule has 0 radical (unpaired) electrons. The fraction of sp³-hybridized carbons (Fsp3) is 0.800. The standard InChI is InChI=1S/C45H69N3O/c1-32-13-15-33(16-14-32)36-19-23-44(5)39(42(36,2)3)21-24-43(4)37-20-25-45(22-9-12-38(45)35(37)17-18-40(43)44)46-26-27-47-28-30-48(31-29-47)41(49)34-10-7-6-8-11-34/h13-16,19,34-35,37-40,46H,6-12,17-18,20-31H2,1-5H3/t35-,37?,38?,39?,40?,43-,44-,45-/m0/s1. The third-order valence-corrected chi connectivity index (χ3v) is 17.0. The zero-order valence-electron chi connectivity index (χ0n) is 32.0. The van der Waals surface area contributed by atoms with Gasteiger partial charge in [-0.05, 0) is 135 Å². The van der Waals surface area contributed by atoms with Gasteiger partial charge in [-0.3, -0.25) is 9.69 Å². The summed E-state index contributed by atoms with van der Waals surface area (Å²) >= 11 is 0. The number of fused-ring (bicyclic) bond motifs is 7. The Labute approximate surface area is 299 Å². The summed E-state index contributed by atoms with van der Waals surface area (Å²) in [7, 11) is 0. The van der Waals surface area contributed by atoms with Gasteiger partial charge in [0, 0.05) is 50.7 Å². The molecule has 1 saturated heterocycles. The Bertz CT molecular complexity index is 1380. The summed E-state index contributed by atoms with van der Waals surface area (Å²) in [6.07, 6.45) is 22.9. The lowest BCUT2D eigenvalue weighted by Gasteiger charge is -2.68. The molecule has 6 fully saturated rings. The Balaban J connectivity index is 0.907. The molecule has 4 unspecified atom stereocenters. The van der Waals surface area contributed by atoms with E-state index in [1.54, 1.807) is 5.57 Å². The summed E-state index contributed by atoms with van der Waals surface area (Å²) in [4.78, 5) is 18.0. The second kappa shape index (κ2) is 13.1. The Kier molecular flexibility index (Phi) is 9.20. The Morgan fingerprint density at radius 2 is 1.51 bits per heavy atom. The number of allylic oxidation sites excluding steroid dienone is 2. The van der Waals surface area contributed by atoms with Crippen LogP contribution in [0.1, 0.15) is 135 Å². The molecule has 1 aromatic rings. The van der Waals surface area contributed by atoms with E-state index in [2.05, 4.69) is 80.1 Å². The molecule has 1 N–H and O–H groups in total. The summed E-state index contributed by atoms with van der Waals surface area (Å²) in [6, 6.07) is 9.38. The first-order valence-corrected chi connectivity index (χ1v) is 21.1. The first-order chi connectivity index (χ1) is 23.6. The summed E-state index contributed by atoms with van der Waals surface area (Å²) in [5.41, 5.74) is 5.92. The van der Waals surface area contributed by atoms with Crippen LogP contribution in [0, 0.1) is 58.7 Å². The van der Waals surface area contributed by atoms with Crippen molar-refractivity contribution in [3.05, 3.63) is 41.5 Å². The van der Waals surface area contributed by atoms with Crippen molar-refractivity contribution in [1.82, 2.24) is 15.1 Å². The van der Waals surface area contributed by atoms with Gasteiger partial charge in [-0.1, -0.05) is 89.3 Å². The first-order valence-electron chi connectivity index (χ1n) is 21.1. The summed E-state index contributed by atoms with van der Waals surface area (Å²) in [5, 5.41) is 4.31. The van der Waals surface area contributed by atoms with E-state index in [1.807, 2.05) is 0 Å². The first kappa shape index (κ1) is 34.4. The Morgan fingerprint density at radius 3 is 2.27 bits per heavy atom. The van der Waals surface area contributed by atoms with E-state index in [-0.39, 0.29) is 5.41 Å². The number of piperazine rings is 1. The zero-order chi connectivity index (χ0) is 34.0. The fourth-order valence-corrected chi connectivity index (χ4v) is 14.6. The predicted molar refractivity (Wildman–Crippen MR) is 203 cm³/mol. The molecule has 8 atom stereocenters. The molecule has 0 bridgehead atoms. The van der Waals surface area contributed by atoms with E-state index in [4.69, 9.17) is 0 Å². The maximum absolute atomic E-state index is 13.1. The minimum Gasteiger partial charge on any atom is -0.340 e. The number of carbonyl (C=O) groups excluding carboxylic acids is 1. The highest BCUT2D eigenvalue weighted by atomic mass is 16.2. The SMILES string of the molecule is Cc1ccc(C2=CC[C@@]3(C)C(CC[C@@]4(C)C5CC[C@@]6(NCCN7CCN(C(=O)C8CCCCC8)CC7)CCCC6[C@H]5CCC43)C2(C)C)cc1. The van der Waals surface area contributed by atoms with Crippen LogP contribution in [0.4, 0.5) is 0 Å². The highest BCUT2D eigenvalue weighted by Gasteiger charge is 2.65. The lowest BCUT2D eigenvalue weighted by molar-refractivity contribution is -0.172. The van der Waals surface area contributed by atoms with Crippen LogP contribution in [0.5, 0.6) is 0 Å². The Morgan fingerprint density at radius 1 is 0.755 bits per heavy atom. The summed E-state index contributed by atoms with van der Waals surface area (Å²) in [5.74, 6) is 5.07. The van der Waals surface area contributed by atoms with Crippen molar-refractivity contribution in [2.24, 2.45) is 51.8 Å². The van der Waals surface area contributed by atoms with Gasteiger partial charge in [0.2, 0.25) is 5.91 Å². The maximum atomic E-state index is 13.1. The van der Waals surface area contributed by atoms with Gasteiger partial charge in [-0.15, -0.1) is 0 Å². The van der Waals surface area contributed by atoms with Crippen LogP contribution in [0.15, 0.2) is 30.3 Å². The van der Waals surface area contributed by atoms with Crippen molar-refractivity contribution >= 4 is 11.5 Å². The predicted octanol–water partition coefficient (Wildman–Crippen LogP) is 9.52. The molecule has 270 valence electrons. The van der Waals surface area contributed by atoms with Crippen molar-refractivity contribution in [2.45, 2.75) is 136 Å². The minimum atomic E-state index is 0.217. The second-order valence-corrected chi connectivity index (χ2v) is 19.5. The second-order valence-electron chi connectivity index (χ2n) is 19.5. The smallest absolute Gasteiger partial charge is 0.225 e. The van der Waals surface area contributed by atoms with Crippen LogP contribution in [0.25, 0.3) is 5.57 Å². The van der Waals surface area contributed by atoms with Crippen molar-refractivity contribution in [3.8, 4) is 0 Å². The molecular weight excluding hydrogens is 599 g/mol. The number of carbonyl (C=O) groups is 1. The molecule has 4 nitrogen and oxygen atoms in total. The zero-order valence-corrected chi connectivity index (χ0v) is 32.0. The number of hydrogen-bond donors (Lipinski definition) is 1. The lowest BCUT2D eigenvalue weighted by atomic mass is 9.37. The number of rotatable bonds is 6.